The van der Waals surface area contributed by atoms with Crippen molar-refractivity contribution in [3.8, 4) is 11.5 Å². The summed E-state index contributed by atoms with van der Waals surface area (Å²) >= 11 is 0. The maximum atomic E-state index is 13.6. The maximum Gasteiger partial charge on any atom is 0.312 e. The first-order valence-electron chi connectivity index (χ1n) is 14.9. The number of carbonyl (C=O) groups excluding carboxylic acids is 5. The van der Waals surface area contributed by atoms with Gasteiger partial charge in [-0.3, -0.25) is 24.0 Å². The molecule has 1 aliphatic carbocycles. The van der Waals surface area contributed by atoms with Crippen LogP contribution in [0.3, 0.4) is 0 Å². The lowest BCUT2D eigenvalue weighted by Crippen LogP contribution is -2.38. The van der Waals surface area contributed by atoms with E-state index in [0.717, 1.165) is 25.3 Å². The molecule has 5 bridgehead atoms. The Morgan fingerprint density at radius 3 is 2.50 bits per heavy atom. The molecule has 1 amide bonds. The number of nitrogens with one attached hydrogen (secondary N) is 1. The highest BCUT2D eigenvalue weighted by Gasteiger charge is 2.51. The molecule has 0 spiro atoms. The Morgan fingerprint density at radius 2 is 1.80 bits per heavy atom. The Balaban J connectivity index is 1.71. The number of amides is 1. The molecule has 4 aliphatic rings. The zero-order valence-electron chi connectivity index (χ0n) is 25.9. The van der Waals surface area contributed by atoms with Gasteiger partial charge in [0, 0.05) is 31.1 Å². The van der Waals surface area contributed by atoms with E-state index < -0.39 is 34.8 Å². The second kappa shape index (κ2) is 13.0. The topological polar surface area (TPSA) is 145 Å². The van der Waals surface area contributed by atoms with Crippen molar-refractivity contribution in [3.63, 3.8) is 0 Å². The van der Waals surface area contributed by atoms with E-state index in [1.54, 1.807) is 25.2 Å². The summed E-state index contributed by atoms with van der Waals surface area (Å²) in [7, 11) is 0. The fourth-order valence-corrected chi connectivity index (χ4v) is 5.60. The highest BCUT2D eigenvalue weighted by Crippen LogP contribution is 2.47. The number of phenols is 1. The number of rotatable bonds is 1. The second-order valence-electron chi connectivity index (χ2n) is 11.8. The normalized spacial score (nSPS) is 29.0. The van der Waals surface area contributed by atoms with Crippen LogP contribution in [0.1, 0.15) is 103 Å². The number of ketones is 3. The molecule has 44 heavy (non-hydrogen) atoms. The lowest BCUT2D eigenvalue weighted by molar-refractivity contribution is -0.149. The molecule has 0 aromatic heterocycles. The van der Waals surface area contributed by atoms with E-state index in [1.165, 1.54) is 27.0 Å². The van der Waals surface area contributed by atoms with Gasteiger partial charge in [0.1, 0.15) is 17.6 Å². The summed E-state index contributed by atoms with van der Waals surface area (Å²) in [5.74, 6) is -5.30. The molecule has 0 saturated carbocycles. The molecule has 4 atom stereocenters. The number of hydrogen-bond acceptors (Lipinski definition) is 9. The first-order valence-corrected chi connectivity index (χ1v) is 14.9. The number of phenolic OH excluding ortho intramolecular Hbond substituents is 1. The van der Waals surface area contributed by atoms with Crippen LogP contribution >= 0.6 is 0 Å². The third kappa shape index (κ3) is 6.54. The number of ether oxygens (including phenoxy) is 3. The molecule has 10 heteroatoms. The molecular formula is C34H39NO9. The number of carbonyl (C=O) groups is 5. The molecule has 5 rings (SSSR count). The van der Waals surface area contributed by atoms with Crippen molar-refractivity contribution in [2.24, 2.45) is 11.8 Å². The second-order valence-corrected chi connectivity index (χ2v) is 11.8. The van der Waals surface area contributed by atoms with E-state index in [0.29, 0.717) is 18.4 Å². The SMILES string of the molecule is CC(=O)O[C@@H]1CC/C=C/O[C@@]2(C)Oc3c(C)c(O)c4c(c3C2=O)C(=O)C=C(NC(=O)/C(C)=C\C=C\[C@H](C)CCC[C@H]1C)C4=O. The molecule has 1 aromatic carbocycles. The van der Waals surface area contributed by atoms with Gasteiger partial charge in [-0.2, -0.15) is 0 Å². The molecule has 1 aromatic rings. The Labute approximate surface area is 256 Å². The monoisotopic (exact) mass is 605 g/mol. The zero-order valence-corrected chi connectivity index (χ0v) is 25.9. The van der Waals surface area contributed by atoms with E-state index in [1.807, 2.05) is 6.08 Å². The van der Waals surface area contributed by atoms with E-state index in [4.69, 9.17) is 14.2 Å². The predicted octanol–water partition coefficient (Wildman–Crippen LogP) is 5.57. The fourth-order valence-electron chi connectivity index (χ4n) is 5.60. The number of fused-ring (bicyclic) bond motifs is 14. The third-order valence-electron chi connectivity index (χ3n) is 8.26. The molecule has 3 heterocycles. The van der Waals surface area contributed by atoms with Crippen LogP contribution in [0.4, 0.5) is 0 Å². The number of benzene rings is 1. The number of esters is 1. The molecule has 234 valence electrons. The Kier molecular flexibility index (Phi) is 9.61. The quantitative estimate of drug-likeness (QED) is 0.392. The Hall–Kier alpha value is -4.47. The third-order valence-corrected chi connectivity index (χ3v) is 8.26. The van der Waals surface area contributed by atoms with Gasteiger partial charge in [0.05, 0.1) is 28.6 Å². The number of allylic oxidation sites excluding steroid dienone is 6. The van der Waals surface area contributed by atoms with Crippen LogP contribution in [-0.2, 0) is 19.1 Å². The molecule has 0 radical (unpaired) electrons. The lowest BCUT2D eigenvalue weighted by Gasteiger charge is -2.24. The van der Waals surface area contributed by atoms with Gasteiger partial charge < -0.3 is 24.6 Å². The van der Waals surface area contributed by atoms with Crippen LogP contribution in [0.5, 0.6) is 11.5 Å². The summed E-state index contributed by atoms with van der Waals surface area (Å²) in [4.78, 5) is 65.2. The average Bonchev–Trinajstić information content (AvgIpc) is 3.22. The van der Waals surface area contributed by atoms with Crippen LogP contribution in [0.25, 0.3) is 0 Å². The van der Waals surface area contributed by atoms with E-state index in [-0.39, 0.29) is 57.6 Å². The smallest absolute Gasteiger partial charge is 0.312 e. The summed E-state index contributed by atoms with van der Waals surface area (Å²) in [6.07, 6.45) is 12.7. The van der Waals surface area contributed by atoms with Gasteiger partial charge in [-0.1, -0.05) is 38.5 Å². The van der Waals surface area contributed by atoms with Crippen molar-refractivity contribution in [1.29, 1.82) is 0 Å². The molecular weight excluding hydrogens is 566 g/mol. The highest BCUT2D eigenvalue weighted by atomic mass is 16.7. The Bertz CT molecular complexity index is 1530. The number of hydrogen-bond donors (Lipinski definition) is 2. The van der Waals surface area contributed by atoms with Gasteiger partial charge in [0.15, 0.2) is 5.78 Å². The summed E-state index contributed by atoms with van der Waals surface area (Å²) in [6, 6.07) is 0. The van der Waals surface area contributed by atoms with Crippen molar-refractivity contribution in [2.45, 2.75) is 85.5 Å². The molecule has 0 saturated heterocycles. The fraction of sp³-hybridized carbons (Fsp3) is 0.441. The van der Waals surface area contributed by atoms with Gasteiger partial charge in [-0.15, -0.1) is 0 Å². The van der Waals surface area contributed by atoms with Crippen molar-refractivity contribution in [1.82, 2.24) is 5.32 Å². The summed E-state index contributed by atoms with van der Waals surface area (Å²) in [6.45, 7) is 9.93. The minimum Gasteiger partial charge on any atom is -0.507 e. The molecule has 10 nitrogen and oxygen atoms in total. The lowest BCUT2D eigenvalue weighted by atomic mass is 9.84. The van der Waals surface area contributed by atoms with Crippen LogP contribution in [-0.4, -0.2) is 46.2 Å². The highest BCUT2D eigenvalue weighted by molar-refractivity contribution is 6.30. The standard InChI is InChI=1S/C34H39NO9/c1-18-11-9-13-19(2)25(43-22(5)36)15-7-8-16-42-34(6)32(40)28-26-24(37)17-23(35-33(41)20(3)14-10-12-18)30(39)27(26)29(38)21(4)31(28)44-34/h8,10,12,14,16-19,25,38H,7,9,11,13,15H2,1-6H3,(H,35,41)/b12-10+,16-8+,20-14-/t18-,19-,25-,34+/m1/s1. The largest absolute Gasteiger partial charge is 0.507 e. The van der Waals surface area contributed by atoms with Crippen molar-refractivity contribution in [3.05, 3.63) is 70.2 Å². The first kappa shape index (κ1) is 32.4. The minimum atomic E-state index is -1.87. The number of aromatic hydroxyl groups is 1. The van der Waals surface area contributed by atoms with Gasteiger partial charge in [0.2, 0.25) is 5.78 Å². The van der Waals surface area contributed by atoms with Crippen LogP contribution < -0.4 is 10.1 Å². The van der Waals surface area contributed by atoms with Gasteiger partial charge in [-0.05, 0) is 57.4 Å². The first-order chi connectivity index (χ1) is 20.7. The van der Waals surface area contributed by atoms with Crippen LogP contribution in [0.2, 0.25) is 0 Å². The van der Waals surface area contributed by atoms with Crippen molar-refractivity contribution in [2.75, 3.05) is 0 Å². The summed E-state index contributed by atoms with van der Waals surface area (Å²) < 4.78 is 17.2. The summed E-state index contributed by atoms with van der Waals surface area (Å²) in [5, 5.41) is 13.5. The average molecular weight is 606 g/mol. The van der Waals surface area contributed by atoms with Crippen LogP contribution in [0.15, 0.2) is 47.9 Å². The molecule has 0 unspecified atom stereocenters. The van der Waals surface area contributed by atoms with E-state index in [2.05, 4.69) is 19.2 Å². The molecule has 2 N–H and O–H groups in total. The summed E-state index contributed by atoms with van der Waals surface area (Å²) in [5.41, 5.74) is -0.779. The molecule has 3 aliphatic heterocycles. The van der Waals surface area contributed by atoms with E-state index in [9.17, 15) is 29.1 Å². The Morgan fingerprint density at radius 1 is 1.07 bits per heavy atom. The minimum absolute atomic E-state index is 0.0572. The molecule has 0 fully saturated rings. The zero-order chi connectivity index (χ0) is 32.3. The van der Waals surface area contributed by atoms with Gasteiger partial charge in [-0.25, -0.2) is 0 Å². The maximum absolute atomic E-state index is 13.6. The van der Waals surface area contributed by atoms with E-state index >= 15 is 0 Å². The van der Waals surface area contributed by atoms with Crippen LogP contribution in [0, 0.1) is 18.8 Å². The van der Waals surface area contributed by atoms with Crippen molar-refractivity contribution < 1.29 is 43.3 Å². The predicted molar refractivity (Wildman–Crippen MR) is 161 cm³/mol. The van der Waals surface area contributed by atoms with Gasteiger partial charge in [0.25, 0.3) is 11.7 Å². The van der Waals surface area contributed by atoms with Gasteiger partial charge >= 0.3 is 11.8 Å². The number of Topliss-reactive ketones (excluding diaryl/α,β-unsaturated/α-hetero) is 2. The van der Waals surface area contributed by atoms with Crippen molar-refractivity contribution >= 4 is 29.2 Å².